The molecule has 13 heavy (non-hydrogen) atoms. The molecule has 0 saturated carbocycles. The van der Waals surface area contributed by atoms with E-state index >= 15 is 0 Å². The molecular formula is C12H17N. The Hall–Kier alpha value is -1.11. The Morgan fingerprint density at radius 1 is 1.23 bits per heavy atom. The third-order valence-electron chi connectivity index (χ3n) is 2.25. The van der Waals surface area contributed by atoms with E-state index in [1.165, 1.54) is 11.3 Å². The summed E-state index contributed by atoms with van der Waals surface area (Å²) in [5.74, 6) is 0.527. The van der Waals surface area contributed by atoms with Crippen molar-refractivity contribution in [1.82, 2.24) is 0 Å². The van der Waals surface area contributed by atoms with E-state index < -0.39 is 0 Å². The lowest BCUT2D eigenvalue weighted by Gasteiger charge is -2.05. The molecule has 0 spiro atoms. The minimum Gasteiger partial charge on any atom is -0.258 e. The smallest absolute Gasteiger partial charge is 0.0658 e. The van der Waals surface area contributed by atoms with Gasteiger partial charge in [0.15, 0.2) is 0 Å². The van der Waals surface area contributed by atoms with E-state index in [9.17, 15) is 0 Å². The third kappa shape index (κ3) is 2.69. The predicted molar refractivity (Wildman–Crippen MR) is 58.8 cm³/mol. The number of hydrogen-bond acceptors (Lipinski definition) is 1. The van der Waals surface area contributed by atoms with Crippen molar-refractivity contribution >= 4 is 11.4 Å². The van der Waals surface area contributed by atoms with Crippen LogP contribution in [0.25, 0.3) is 0 Å². The highest BCUT2D eigenvalue weighted by molar-refractivity contribution is 5.86. The summed E-state index contributed by atoms with van der Waals surface area (Å²) >= 11 is 0. The van der Waals surface area contributed by atoms with Gasteiger partial charge in [0, 0.05) is 5.71 Å². The van der Waals surface area contributed by atoms with Crippen LogP contribution in [-0.2, 0) is 0 Å². The van der Waals surface area contributed by atoms with Crippen LogP contribution in [0.5, 0.6) is 0 Å². The van der Waals surface area contributed by atoms with E-state index in [-0.39, 0.29) is 0 Å². The summed E-state index contributed by atoms with van der Waals surface area (Å²) in [6.07, 6.45) is 0. The minimum atomic E-state index is 0.527. The van der Waals surface area contributed by atoms with Crippen molar-refractivity contribution in [2.75, 3.05) is 0 Å². The quantitative estimate of drug-likeness (QED) is 0.607. The number of aryl methyl sites for hydroxylation is 1. The summed E-state index contributed by atoms with van der Waals surface area (Å²) in [5.41, 5.74) is 3.52. The highest BCUT2D eigenvalue weighted by Gasteiger charge is 1.99. The van der Waals surface area contributed by atoms with Gasteiger partial charge in [-0.25, -0.2) is 0 Å². The number of rotatable bonds is 2. The van der Waals surface area contributed by atoms with Gasteiger partial charge >= 0.3 is 0 Å². The van der Waals surface area contributed by atoms with Crippen molar-refractivity contribution in [1.29, 1.82) is 0 Å². The molecule has 0 heterocycles. The molecule has 0 aliphatic heterocycles. The molecule has 0 saturated heterocycles. The maximum Gasteiger partial charge on any atom is 0.0658 e. The molecule has 0 radical (unpaired) electrons. The van der Waals surface area contributed by atoms with E-state index in [2.05, 4.69) is 44.8 Å². The Kier molecular flexibility index (Phi) is 3.24. The van der Waals surface area contributed by atoms with Gasteiger partial charge in [-0.2, -0.15) is 0 Å². The van der Waals surface area contributed by atoms with Crippen molar-refractivity contribution in [2.45, 2.75) is 27.7 Å². The zero-order valence-corrected chi connectivity index (χ0v) is 8.83. The first-order chi connectivity index (χ1) is 6.11. The number of para-hydroxylation sites is 1. The monoisotopic (exact) mass is 175 g/mol. The Bertz CT molecular complexity index is 311. The summed E-state index contributed by atoms with van der Waals surface area (Å²) in [5, 5.41) is 0. The van der Waals surface area contributed by atoms with Gasteiger partial charge < -0.3 is 0 Å². The molecular weight excluding hydrogens is 158 g/mol. The Balaban J connectivity index is 2.97. The van der Waals surface area contributed by atoms with Crippen molar-refractivity contribution in [3.8, 4) is 0 Å². The fourth-order valence-corrected chi connectivity index (χ4v) is 1.01. The van der Waals surface area contributed by atoms with Crippen LogP contribution >= 0.6 is 0 Å². The van der Waals surface area contributed by atoms with Gasteiger partial charge in [0.1, 0.15) is 0 Å². The lowest BCUT2D eigenvalue weighted by molar-refractivity contribution is 0.878. The topological polar surface area (TPSA) is 12.4 Å². The van der Waals surface area contributed by atoms with Crippen molar-refractivity contribution in [2.24, 2.45) is 10.9 Å². The molecule has 0 unspecified atom stereocenters. The van der Waals surface area contributed by atoms with Gasteiger partial charge in [-0.1, -0.05) is 32.0 Å². The van der Waals surface area contributed by atoms with Gasteiger partial charge in [0.05, 0.1) is 5.69 Å². The zero-order chi connectivity index (χ0) is 9.84. The first kappa shape index (κ1) is 9.97. The first-order valence-corrected chi connectivity index (χ1v) is 4.72. The number of nitrogens with zero attached hydrogens (tertiary/aromatic N) is 1. The Labute approximate surface area is 80.5 Å². The molecule has 0 aliphatic carbocycles. The van der Waals surface area contributed by atoms with E-state index in [4.69, 9.17) is 0 Å². The zero-order valence-electron chi connectivity index (χ0n) is 8.83. The summed E-state index contributed by atoms with van der Waals surface area (Å²) in [7, 11) is 0. The van der Waals surface area contributed by atoms with Gasteiger partial charge in [0.2, 0.25) is 0 Å². The lowest BCUT2D eigenvalue weighted by Crippen LogP contribution is -2.00. The van der Waals surface area contributed by atoms with E-state index in [1.807, 2.05) is 12.1 Å². The molecule has 0 aliphatic rings. The maximum atomic E-state index is 4.57. The molecule has 1 aromatic rings. The van der Waals surface area contributed by atoms with Crippen LogP contribution in [0.15, 0.2) is 29.3 Å². The fraction of sp³-hybridized carbons (Fsp3) is 0.417. The lowest BCUT2D eigenvalue weighted by atomic mass is 10.1. The molecule has 1 heteroatoms. The first-order valence-electron chi connectivity index (χ1n) is 4.72. The second-order valence-corrected chi connectivity index (χ2v) is 3.69. The van der Waals surface area contributed by atoms with E-state index in [0.717, 1.165) is 5.69 Å². The van der Waals surface area contributed by atoms with Gasteiger partial charge in [-0.15, -0.1) is 0 Å². The molecule has 0 atom stereocenters. The summed E-state index contributed by atoms with van der Waals surface area (Å²) in [4.78, 5) is 4.57. The molecule has 0 bridgehead atoms. The SMILES string of the molecule is CC(=Nc1ccccc1C)C(C)C. The number of hydrogen-bond donors (Lipinski definition) is 0. The van der Waals surface area contributed by atoms with Gasteiger partial charge in [-0.05, 0) is 31.4 Å². The Morgan fingerprint density at radius 2 is 1.85 bits per heavy atom. The molecule has 1 nitrogen and oxygen atoms in total. The van der Waals surface area contributed by atoms with Crippen LogP contribution < -0.4 is 0 Å². The summed E-state index contributed by atoms with van der Waals surface area (Å²) in [6, 6.07) is 8.21. The maximum absolute atomic E-state index is 4.57. The average Bonchev–Trinajstić information content (AvgIpc) is 2.08. The molecule has 70 valence electrons. The van der Waals surface area contributed by atoms with Crippen LogP contribution in [0.2, 0.25) is 0 Å². The van der Waals surface area contributed by atoms with Crippen molar-refractivity contribution in [3.63, 3.8) is 0 Å². The molecule has 1 rings (SSSR count). The second kappa shape index (κ2) is 4.22. The predicted octanol–water partition coefficient (Wildman–Crippen LogP) is 3.74. The van der Waals surface area contributed by atoms with E-state index in [1.54, 1.807) is 0 Å². The molecule has 0 N–H and O–H groups in total. The second-order valence-electron chi connectivity index (χ2n) is 3.69. The minimum absolute atomic E-state index is 0.527. The third-order valence-corrected chi connectivity index (χ3v) is 2.25. The Morgan fingerprint density at radius 3 is 2.38 bits per heavy atom. The number of aliphatic imine (C=N–C) groups is 1. The van der Waals surface area contributed by atoms with Gasteiger partial charge in [0.25, 0.3) is 0 Å². The van der Waals surface area contributed by atoms with E-state index in [0.29, 0.717) is 5.92 Å². The summed E-state index contributed by atoms with van der Waals surface area (Å²) in [6.45, 7) is 8.50. The van der Waals surface area contributed by atoms with Crippen LogP contribution in [0.3, 0.4) is 0 Å². The molecule has 0 aromatic heterocycles. The van der Waals surface area contributed by atoms with Gasteiger partial charge in [-0.3, -0.25) is 4.99 Å². The molecule has 1 aromatic carbocycles. The largest absolute Gasteiger partial charge is 0.258 e. The highest BCUT2D eigenvalue weighted by Crippen LogP contribution is 2.18. The average molecular weight is 175 g/mol. The van der Waals surface area contributed by atoms with Crippen LogP contribution in [0.1, 0.15) is 26.3 Å². The van der Waals surface area contributed by atoms with Crippen molar-refractivity contribution in [3.05, 3.63) is 29.8 Å². The molecule has 0 amide bonds. The van der Waals surface area contributed by atoms with Crippen LogP contribution in [0.4, 0.5) is 5.69 Å². The standard InChI is InChI=1S/C12H17N/c1-9(2)11(4)13-12-8-6-5-7-10(12)3/h5-9H,1-4H3. The molecule has 0 fully saturated rings. The number of benzene rings is 1. The van der Waals surface area contributed by atoms with Crippen LogP contribution in [-0.4, -0.2) is 5.71 Å². The summed E-state index contributed by atoms with van der Waals surface area (Å²) < 4.78 is 0. The fourth-order valence-electron chi connectivity index (χ4n) is 1.01. The van der Waals surface area contributed by atoms with Crippen molar-refractivity contribution < 1.29 is 0 Å². The highest BCUT2D eigenvalue weighted by atomic mass is 14.7. The normalized spacial score (nSPS) is 12.2. The van der Waals surface area contributed by atoms with Crippen LogP contribution in [0, 0.1) is 12.8 Å².